The van der Waals surface area contributed by atoms with Crippen LogP contribution in [0, 0.1) is 0 Å². The topological polar surface area (TPSA) is 56.7 Å². The molecule has 3 rings (SSSR count). The van der Waals surface area contributed by atoms with Gasteiger partial charge >= 0.3 is 0 Å². The number of imidazole rings is 1. The lowest BCUT2D eigenvalue weighted by molar-refractivity contribution is 0.647. The number of fused-ring (bicyclic) bond motifs is 1. The Morgan fingerprint density at radius 2 is 2.11 bits per heavy atom. The molecular formula is C14H13BrN4. The fourth-order valence-corrected chi connectivity index (χ4v) is 2.60. The zero-order chi connectivity index (χ0) is 13.4. The average molecular weight is 317 g/mol. The smallest absolute Gasteiger partial charge is 0.201 e. The number of anilines is 1. The summed E-state index contributed by atoms with van der Waals surface area (Å²) in [5.41, 5.74) is 8.92. The van der Waals surface area contributed by atoms with E-state index in [1.165, 1.54) is 0 Å². The summed E-state index contributed by atoms with van der Waals surface area (Å²) in [6.45, 7) is 2.07. The number of pyridine rings is 1. The third kappa shape index (κ3) is 2.10. The number of hydrogen-bond acceptors (Lipinski definition) is 3. The van der Waals surface area contributed by atoms with E-state index in [1.54, 1.807) is 6.20 Å². The van der Waals surface area contributed by atoms with Crippen molar-refractivity contribution in [2.24, 2.45) is 0 Å². The van der Waals surface area contributed by atoms with E-state index in [-0.39, 0.29) is 6.04 Å². The van der Waals surface area contributed by atoms with Crippen molar-refractivity contribution in [1.29, 1.82) is 0 Å². The van der Waals surface area contributed by atoms with E-state index in [9.17, 15) is 0 Å². The summed E-state index contributed by atoms with van der Waals surface area (Å²) in [5.74, 6) is 0.506. The maximum atomic E-state index is 6.05. The van der Waals surface area contributed by atoms with Crippen LogP contribution in [0.2, 0.25) is 0 Å². The van der Waals surface area contributed by atoms with E-state index in [1.807, 2.05) is 41.0 Å². The Morgan fingerprint density at radius 3 is 2.84 bits per heavy atom. The Labute approximate surface area is 119 Å². The molecule has 4 nitrogen and oxygen atoms in total. The molecule has 3 aromatic rings. The van der Waals surface area contributed by atoms with E-state index in [0.717, 1.165) is 21.2 Å². The lowest BCUT2D eigenvalue weighted by Gasteiger charge is -2.15. The minimum atomic E-state index is 0.0485. The highest BCUT2D eigenvalue weighted by Crippen LogP contribution is 2.27. The van der Waals surface area contributed by atoms with Crippen LogP contribution in [-0.2, 0) is 0 Å². The van der Waals surface area contributed by atoms with Crippen LogP contribution in [0.4, 0.5) is 5.95 Å². The van der Waals surface area contributed by atoms with Gasteiger partial charge in [-0.2, -0.15) is 0 Å². The number of nitrogens with two attached hydrogens (primary N) is 1. The van der Waals surface area contributed by atoms with Gasteiger partial charge in [0, 0.05) is 10.7 Å². The van der Waals surface area contributed by atoms with Gasteiger partial charge in [-0.25, -0.2) is 4.98 Å². The molecule has 0 radical (unpaired) electrons. The van der Waals surface area contributed by atoms with Crippen molar-refractivity contribution in [1.82, 2.24) is 14.5 Å². The fraction of sp³-hybridized carbons (Fsp3) is 0.143. The van der Waals surface area contributed by atoms with Gasteiger partial charge in [0.25, 0.3) is 0 Å². The molecule has 19 heavy (non-hydrogen) atoms. The number of rotatable bonds is 2. The molecule has 1 unspecified atom stereocenters. The number of halogens is 1. The lowest BCUT2D eigenvalue weighted by atomic mass is 10.2. The Kier molecular flexibility index (Phi) is 2.98. The van der Waals surface area contributed by atoms with Gasteiger partial charge in [-0.05, 0) is 37.3 Å². The normalized spacial score (nSPS) is 12.7. The Balaban J connectivity index is 2.17. The zero-order valence-corrected chi connectivity index (χ0v) is 12.0. The molecule has 0 spiro atoms. The number of nitrogen functional groups attached to an aromatic ring is 1. The quantitative estimate of drug-likeness (QED) is 0.788. The maximum Gasteiger partial charge on any atom is 0.201 e. The summed E-state index contributed by atoms with van der Waals surface area (Å²) in [6, 6.07) is 11.9. The molecule has 1 aromatic carbocycles. The molecule has 0 aliphatic rings. The van der Waals surface area contributed by atoms with Gasteiger partial charge in [0.1, 0.15) is 0 Å². The lowest BCUT2D eigenvalue weighted by Crippen LogP contribution is -2.11. The molecule has 0 amide bonds. The Morgan fingerprint density at radius 1 is 1.26 bits per heavy atom. The van der Waals surface area contributed by atoms with Crippen LogP contribution in [0.25, 0.3) is 11.0 Å². The van der Waals surface area contributed by atoms with Crippen molar-refractivity contribution in [3.8, 4) is 0 Å². The highest BCUT2D eigenvalue weighted by atomic mass is 79.9. The molecule has 0 aliphatic carbocycles. The fourth-order valence-electron chi connectivity index (χ4n) is 2.25. The van der Waals surface area contributed by atoms with Crippen molar-refractivity contribution < 1.29 is 0 Å². The second kappa shape index (κ2) is 4.66. The van der Waals surface area contributed by atoms with Crippen LogP contribution in [-0.4, -0.2) is 14.5 Å². The van der Waals surface area contributed by atoms with E-state index in [2.05, 4.69) is 32.8 Å². The number of nitrogens with zero attached hydrogens (tertiary/aromatic N) is 3. The van der Waals surface area contributed by atoms with Crippen LogP contribution in [0.3, 0.4) is 0 Å². The van der Waals surface area contributed by atoms with E-state index in [4.69, 9.17) is 5.73 Å². The number of aromatic nitrogens is 3. The van der Waals surface area contributed by atoms with Gasteiger partial charge in [0.15, 0.2) is 0 Å². The average Bonchev–Trinajstić information content (AvgIpc) is 2.74. The third-order valence-corrected chi connectivity index (χ3v) is 3.68. The van der Waals surface area contributed by atoms with Gasteiger partial charge in [-0.3, -0.25) is 4.98 Å². The molecule has 0 fully saturated rings. The van der Waals surface area contributed by atoms with Crippen LogP contribution >= 0.6 is 15.9 Å². The van der Waals surface area contributed by atoms with Crippen LogP contribution in [0.1, 0.15) is 18.7 Å². The van der Waals surface area contributed by atoms with E-state index in [0.29, 0.717) is 5.95 Å². The zero-order valence-electron chi connectivity index (χ0n) is 10.4. The second-order valence-corrected chi connectivity index (χ2v) is 5.32. The first-order valence-electron chi connectivity index (χ1n) is 6.00. The second-order valence-electron chi connectivity index (χ2n) is 4.40. The first-order chi connectivity index (χ1) is 9.16. The summed E-state index contributed by atoms with van der Waals surface area (Å²) in [6.07, 6.45) is 1.79. The van der Waals surface area contributed by atoms with Gasteiger partial charge in [0.2, 0.25) is 5.95 Å². The minimum Gasteiger partial charge on any atom is -0.369 e. The van der Waals surface area contributed by atoms with Gasteiger partial charge in [-0.15, -0.1) is 0 Å². The summed E-state index contributed by atoms with van der Waals surface area (Å²) in [4.78, 5) is 8.79. The van der Waals surface area contributed by atoms with Gasteiger partial charge in [-0.1, -0.05) is 22.0 Å². The molecule has 2 N–H and O–H groups in total. The highest BCUT2D eigenvalue weighted by molar-refractivity contribution is 9.10. The first kappa shape index (κ1) is 12.2. The summed E-state index contributed by atoms with van der Waals surface area (Å²) in [5, 5.41) is 0. The molecule has 96 valence electrons. The molecular weight excluding hydrogens is 304 g/mol. The molecule has 2 aromatic heterocycles. The van der Waals surface area contributed by atoms with Gasteiger partial charge in [0.05, 0.1) is 22.8 Å². The molecule has 5 heteroatoms. The Hall–Kier alpha value is -1.88. The van der Waals surface area contributed by atoms with Crippen molar-refractivity contribution in [2.45, 2.75) is 13.0 Å². The summed E-state index contributed by atoms with van der Waals surface area (Å²) >= 11 is 3.45. The van der Waals surface area contributed by atoms with E-state index >= 15 is 0 Å². The summed E-state index contributed by atoms with van der Waals surface area (Å²) in [7, 11) is 0. The summed E-state index contributed by atoms with van der Waals surface area (Å²) < 4.78 is 3.00. The third-order valence-electron chi connectivity index (χ3n) is 3.18. The molecule has 2 heterocycles. The number of benzene rings is 1. The highest BCUT2D eigenvalue weighted by Gasteiger charge is 2.16. The van der Waals surface area contributed by atoms with Crippen molar-refractivity contribution in [3.05, 3.63) is 52.8 Å². The van der Waals surface area contributed by atoms with E-state index < -0.39 is 0 Å². The molecule has 0 bridgehead atoms. The predicted octanol–water partition coefficient (Wildman–Crippen LogP) is 3.39. The predicted molar refractivity (Wildman–Crippen MR) is 79.9 cm³/mol. The maximum absolute atomic E-state index is 6.05. The monoisotopic (exact) mass is 316 g/mol. The van der Waals surface area contributed by atoms with Gasteiger partial charge < -0.3 is 10.3 Å². The van der Waals surface area contributed by atoms with Crippen molar-refractivity contribution in [2.75, 3.05) is 5.73 Å². The van der Waals surface area contributed by atoms with Crippen LogP contribution in [0.15, 0.2) is 47.1 Å². The first-order valence-corrected chi connectivity index (χ1v) is 6.80. The SMILES string of the molecule is CC(c1ccccn1)n1c(N)nc2cc(Br)ccc21. The molecule has 0 aliphatic heterocycles. The van der Waals surface area contributed by atoms with Crippen molar-refractivity contribution >= 4 is 32.9 Å². The van der Waals surface area contributed by atoms with Crippen LogP contribution < -0.4 is 5.73 Å². The van der Waals surface area contributed by atoms with Crippen molar-refractivity contribution in [3.63, 3.8) is 0 Å². The molecule has 0 saturated heterocycles. The molecule has 1 atom stereocenters. The Bertz CT molecular complexity index is 721. The largest absolute Gasteiger partial charge is 0.369 e. The number of hydrogen-bond donors (Lipinski definition) is 1. The molecule has 0 saturated carbocycles. The minimum absolute atomic E-state index is 0.0485. The standard InChI is InChI=1S/C14H13BrN4/c1-9(11-4-2-3-7-17-11)19-13-6-5-10(15)8-12(13)18-14(19)16/h2-9H,1H3,(H2,16,18). The van der Waals surface area contributed by atoms with Crippen LogP contribution in [0.5, 0.6) is 0 Å².